The van der Waals surface area contributed by atoms with Crippen LogP contribution >= 0.6 is 0 Å². The van der Waals surface area contributed by atoms with Crippen LogP contribution in [0, 0.1) is 0 Å². The summed E-state index contributed by atoms with van der Waals surface area (Å²) in [5, 5.41) is 5.01. The summed E-state index contributed by atoms with van der Waals surface area (Å²) < 4.78 is 8.59. The Morgan fingerprint density at radius 1 is 0.800 bits per heavy atom. The molecule has 0 spiro atoms. The first-order valence-electron chi connectivity index (χ1n) is 8.78. The number of para-hydroxylation sites is 2. The molecule has 2 heteroatoms. The molecule has 2 nitrogen and oxygen atoms in total. The molecule has 25 heavy (non-hydrogen) atoms. The second-order valence-electron chi connectivity index (χ2n) is 7.95. The number of furan rings is 1. The Morgan fingerprint density at radius 3 is 2.24 bits per heavy atom. The lowest BCUT2D eigenvalue weighted by molar-refractivity contribution is 0.597. The first-order valence-corrected chi connectivity index (χ1v) is 8.78. The number of hydrogen-bond donors (Lipinski definition) is 0. The van der Waals surface area contributed by atoms with Crippen molar-refractivity contribution in [3.63, 3.8) is 0 Å². The first-order chi connectivity index (χ1) is 12.0. The van der Waals surface area contributed by atoms with Crippen molar-refractivity contribution in [3.05, 3.63) is 60.2 Å². The molecular formula is C23H21NO. The molecule has 0 saturated carbocycles. The van der Waals surface area contributed by atoms with Crippen LogP contribution in [0.5, 0.6) is 0 Å². The molecule has 5 aromatic rings. The molecule has 0 radical (unpaired) electrons. The molecular weight excluding hydrogens is 306 g/mol. The summed E-state index contributed by atoms with van der Waals surface area (Å²) >= 11 is 0. The van der Waals surface area contributed by atoms with Gasteiger partial charge in [0.2, 0.25) is 0 Å². The fourth-order valence-corrected chi connectivity index (χ4v) is 4.27. The molecule has 0 aliphatic carbocycles. The van der Waals surface area contributed by atoms with Crippen molar-refractivity contribution in [2.45, 2.75) is 26.2 Å². The van der Waals surface area contributed by atoms with Crippen LogP contribution in [0.4, 0.5) is 0 Å². The molecule has 0 bridgehead atoms. The Labute approximate surface area is 146 Å². The van der Waals surface area contributed by atoms with E-state index in [-0.39, 0.29) is 5.41 Å². The van der Waals surface area contributed by atoms with Gasteiger partial charge in [0.15, 0.2) is 0 Å². The second kappa shape index (κ2) is 4.66. The standard InChI is InChI=1S/C23H21NO/c1-23(2,3)21-20-15-10-6-8-12-18(15)25-19(20)13-16-14-9-5-7-11-17(14)24(4)22(16)21/h5-13H,1-4H3. The van der Waals surface area contributed by atoms with E-state index in [9.17, 15) is 0 Å². The number of rotatable bonds is 0. The highest BCUT2D eigenvalue weighted by molar-refractivity contribution is 6.19. The Kier molecular flexibility index (Phi) is 2.72. The zero-order chi connectivity index (χ0) is 17.3. The van der Waals surface area contributed by atoms with Crippen molar-refractivity contribution in [2.75, 3.05) is 0 Å². The van der Waals surface area contributed by atoms with Gasteiger partial charge in [0.25, 0.3) is 0 Å². The molecule has 0 amide bonds. The summed E-state index contributed by atoms with van der Waals surface area (Å²) in [6.07, 6.45) is 0. The lowest BCUT2D eigenvalue weighted by Gasteiger charge is -2.22. The van der Waals surface area contributed by atoms with Crippen LogP contribution in [0.3, 0.4) is 0 Å². The Bertz CT molecular complexity index is 1280. The van der Waals surface area contributed by atoms with Crippen LogP contribution in [0.15, 0.2) is 59.0 Å². The Morgan fingerprint density at radius 2 is 1.48 bits per heavy atom. The van der Waals surface area contributed by atoms with Gasteiger partial charge in [-0.1, -0.05) is 57.2 Å². The zero-order valence-corrected chi connectivity index (χ0v) is 15.1. The quantitative estimate of drug-likeness (QED) is 0.316. The Balaban J connectivity index is 2.16. The predicted octanol–water partition coefficient (Wildman–Crippen LogP) is 6.53. The molecule has 5 rings (SSSR count). The van der Waals surface area contributed by atoms with Crippen LogP contribution in [0.1, 0.15) is 26.3 Å². The maximum Gasteiger partial charge on any atom is 0.136 e. The monoisotopic (exact) mass is 327 g/mol. The van der Waals surface area contributed by atoms with E-state index in [0.29, 0.717) is 0 Å². The van der Waals surface area contributed by atoms with Crippen LogP contribution in [0.2, 0.25) is 0 Å². The highest BCUT2D eigenvalue weighted by Gasteiger charge is 2.26. The van der Waals surface area contributed by atoms with Crippen molar-refractivity contribution < 1.29 is 4.42 Å². The minimum atomic E-state index is 0.00649. The third kappa shape index (κ3) is 1.85. The summed E-state index contributed by atoms with van der Waals surface area (Å²) in [5.41, 5.74) is 5.89. The molecule has 0 saturated heterocycles. The van der Waals surface area contributed by atoms with E-state index >= 15 is 0 Å². The SMILES string of the molecule is Cn1c2ccccc2c2cc3oc4ccccc4c3c(C(C)(C)C)c21. The van der Waals surface area contributed by atoms with Gasteiger partial charge in [-0.15, -0.1) is 0 Å². The molecule has 3 aromatic carbocycles. The van der Waals surface area contributed by atoms with Gasteiger partial charge >= 0.3 is 0 Å². The molecule has 0 fully saturated rings. The molecule has 124 valence electrons. The number of aromatic nitrogens is 1. The minimum absolute atomic E-state index is 0.00649. The van der Waals surface area contributed by atoms with Gasteiger partial charge < -0.3 is 8.98 Å². The highest BCUT2D eigenvalue weighted by atomic mass is 16.3. The number of nitrogens with zero attached hydrogens (tertiary/aromatic N) is 1. The van der Waals surface area contributed by atoms with Crippen LogP contribution in [0.25, 0.3) is 43.7 Å². The lowest BCUT2D eigenvalue weighted by Crippen LogP contribution is -2.13. The summed E-state index contributed by atoms with van der Waals surface area (Å²) in [7, 11) is 2.17. The van der Waals surface area contributed by atoms with E-state index in [1.165, 1.54) is 38.1 Å². The van der Waals surface area contributed by atoms with E-state index in [0.717, 1.165) is 11.2 Å². The summed E-state index contributed by atoms with van der Waals surface area (Å²) in [6, 6.07) is 19.2. The summed E-state index contributed by atoms with van der Waals surface area (Å²) in [5.74, 6) is 0. The van der Waals surface area contributed by atoms with Gasteiger partial charge in [-0.3, -0.25) is 0 Å². The van der Waals surface area contributed by atoms with Gasteiger partial charge in [0.1, 0.15) is 11.2 Å². The molecule has 2 aromatic heterocycles. The predicted molar refractivity (Wildman–Crippen MR) is 106 cm³/mol. The molecule has 0 aliphatic rings. The van der Waals surface area contributed by atoms with Gasteiger partial charge in [-0.05, 0) is 29.2 Å². The number of fused-ring (bicyclic) bond motifs is 6. The van der Waals surface area contributed by atoms with Crippen molar-refractivity contribution in [1.29, 1.82) is 0 Å². The fourth-order valence-electron chi connectivity index (χ4n) is 4.27. The van der Waals surface area contributed by atoms with Crippen molar-refractivity contribution >= 4 is 43.7 Å². The van der Waals surface area contributed by atoms with Crippen molar-refractivity contribution in [1.82, 2.24) is 4.57 Å². The largest absolute Gasteiger partial charge is 0.456 e. The number of benzene rings is 3. The summed E-state index contributed by atoms with van der Waals surface area (Å²) in [6.45, 7) is 6.88. The van der Waals surface area contributed by atoms with E-state index in [4.69, 9.17) is 4.42 Å². The van der Waals surface area contributed by atoms with E-state index in [1.54, 1.807) is 0 Å². The molecule has 0 unspecified atom stereocenters. The average molecular weight is 327 g/mol. The topological polar surface area (TPSA) is 18.1 Å². The van der Waals surface area contributed by atoms with Crippen LogP contribution in [-0.4, -0.2) is 4.57 Å². The van der Waals surface area contributed by atoms with Crippen LogP contribution < -0.4 is 0 Å². The smallest absolute Gasteiger partial charge is 0.136 e. The normalized spacial score (nSPS) is 12.8. The number of hydrogen-bond acceptors (Lipinski definition) is 1. The average Bonchev–Trinajstić information content (AvgIpc) is 3.09. The fraction of sp³-hybridized carbons (Fsp3) is 0.217. The third-order valence-electron chi connectivity index (χ3n) is 5.28. The maximum absolute atomic E-state index is 6.25. The summed E-state index contributed by atoms with van der Waals surface area (Å²) in [4.78, 5) is 0. The first kappa shape index (κ1) is 14.6. The molecule has 2 heterocycles. The van der Waals surface area contributed by atoms with Crippen molar-refractivity contribution in [3.8, 4) is 0 Å². The van der Waals surface area contributed by atoms with Gasteiger partial charge in [-0.2, -0.15) is 0 Å². The second-order valence-corrected chi connectivity index (χ2v) is 7.95. The lowest BCUT2D eigenvalue weighted by atomic mass is 9.82. The third-order valence-corrected chi connectivity index (χ3v) is 5.28. The molecule has 0 N–H and O–H groups in total. The molecule has 0 atom stereocenters. The van der Waals surface area contributed by atoms with E-state index < -0.39 is 0 Å². The highest BCUT2D eigenvalue weighted by Crippen LogP contribution is 2.44. The number of aryl methyl sites for hydroxylation is 1. The van der Waals surface area contributed by atoms with E-state index in [2.05, 4.69) is 80.9 Å². The van der Waals surface area contributed by atoms with E-state index in [1.807, 2.05) is 6.07 Å². The van der Waals surface area contributed by atoms with Gasteiger partial charge in [-0.25, -0.2) is 0 Å². The maximum atomic E-state index is 6.25. The van der Waals surface area contributed by atoms with Crippen LogP contribution in [-0.2, 0) is 12.5 Å². The van der Waals surface area contributed by atoms with Crippen molar-refractivity contribution in [2.24, 2.45) is 7.05 Å². The zero-order valence-electron chi connectivity index (χ0n) is 15.1. The molecule has 0 aliphatic heterocycles. The van der Waals surface area contributed by atoms with Gasteiger partial charge in [0.05, 0.1) is 5.52 Å². The Hall–Kier alpha value is -2.74. The minimum Gasteiger partial charge on any atom is -0.456 e. The van der Waals surface area contributed by atoms with Gasteiger partial charge in [0, 0.05) is 34.1 Å².